The van der Waals surface area contributed by atoms with Crippen LogP contribution in [0.1, 0.15) is 113 Å². The zero-order chi connectivity index (χ0) is 32.0. The Balaban J connectivity index is 1.15. The molecule has 14 atom stereocenters. The summed E-state index contributed by atoms with van der Waals surface area (Å²) in [7, 11) is 0. The second kappa shape index (κ2) is 11.2. The fourth-order valence-electron chi connectivity index (χ4n) is 12.4. The van der Waals surface area contributed by atoms with Crippen molar-refractivity contribution in [1.29, 1.82) is 0 Å². The topological polar surface area (TPSA) is 126 Å². The van der Waals surface area contributed by atoms with Gasteiger partial charge >= 0.3 is 5.97 Å². The number of carbonyl (C=O) groups is 1. The van der Waals surface area contributed by atoms with E-state index in [2.05, 4.69) is 27.7 Å². The van der Waals surface area contributed by atoms with Crippen LogP contribution >= 0.6 is 0 Å². The van der Waals surface area contributed by atoms with Crippen molar-refractivity contribution >= 4 is 5.97 Å². The van der Waals surface area contributed by atoms with Gasteiger partial charge in [-0.3, -0.25) is 4.79 Å². The molecule has 5 aliphatic carbocycles. The zero-order valence-corrected chi connectivity index (χ0v) is 28.1. The lowest BCUT2D eigenvalue weighted by Gasteiger charge is -2.57. The molecule has 0 radical (unpaired) electrons. The maximum Gasteiger partial charge on any atom is 0.303 e. The molecule has 6 rings (SSSR count). The van der Waals surface area contributed by atoms with Gasteiger partial charge in [-0.2, -0.15) is 0 Å². The van der Waals surface area contributed by atoms with E-state index in [1.165, 1.54) is 38.2 Å². The summed E-state index contributed by atoms with van der Waals surface area (Å²) in [6, 6.07) is 0. The summed E-state index contributed by atoms with van der Waals surface area (Å²) in [6.45, 7) is 14.4. The molecule has 8 nitrogen and oxygen atoms in total. The minimum absolute atomic E-state index is 0.0307. The molecule has 0 aromatic carbocycles. The lowest BCUT2D eigenvalue weighted by atomic mass is 9.48. The number of aliphatic hydroxyl groups is 4. The SMILES string of the molecule is CC(=O)O[C@@H](CC[C@@H](C)C1=C(O)CC2[C@@H]3CC[C@H]4C(C)[C@@H](OC5C[C@@H](O)[C@H](O)CO5)CCC45[C@H](C)[C@@]35CC[C@]12C)C(C)(C)O. The van der Waals surface area contributed by atoms with Crippen molar-refractivity contribution in [3.8, 4) is 0 Å². The number of hydrogen-bond donors (Lipinski definition) is 4. The van der Waals surface area contributed by atoms with Gasteiger partial charge in [-0.05, 0) is 123 Å². The van der Waals surface area contributed by atoms with Crippen molar-refractivity contribution < 1.29 is 39.4 Å². The molecule has 44 heavy (non-hydrogen) atoms. The minimum Gasteiger partial charge on any atom is -0.512 e. The third-order valence-electron chi connectivity index (χ3n) is 14.3. The van der Waals surface area contributed by atoms with Crippen molar-refractivity contribution in [2.75, 3.05) is 6.61 Å². The van der Waals surface area contributed by atoms with Gasteiger partial charge in [0, 0.05) is 19.8 Å². The van der Waals surface area contributed by atoms with Gasteiger partial charge in [0.15, 0.2) is 6.29 Å². The number of fused-ring (bicyclic) bond motifs is 2. The highest BCUT2D eigenvalue weighted by molar-refractivity contribution is 5.66. The van der Waals surface area contributed by atoms with E-state index in [9.17, 15) is 25.2 Å². The highest BCUT2D eigenvalue weighted by Gasteiger charge is 2.83. The highest BCUT2D eigenvalue weighted by Crippen LogP contribution is 2.88. The molecule has 0 aromatic rings. The van der Waals surface area contributed by atoms with Crippen LogP contribution in [0, 0.1) is 51.8 Å². The second-order valence-electron chi connectivity index (χ2n) is 16.6. The van der Waals surface area contributed by atoms with Crippen molar-refractivity contribution in [2.24, 2.45) is 51.8 Å². The Morgan fingerprint density at radius 2 is 1.70 bits per heavy atom. The van der Waals surface area contributed by atoms with E-state index in [1.54, 1.807) is 13.8 Å². The Morgan fingerprint density at radius 1 is 1.02 bits per heavy atom. The Hall–Kier alpha value is -1.19. The first kappa shape index (κ1) is 32.7. The lowest BCUT2D eigenvalue weighted by Crippen LogP contribution is -2.52. The molecule has 6 aliphatic rings. The molecule has 4 unspecified atom stereocenters. The molecular formula is C36H58O8. The van der Waals surface area contributed by atoms with Crippen LogP contribution < -0.4 is 0 Å². The fourth-order valence-corrected chi connectivity index (χ4v) is 12.4. The molecule has 1 saturated heterocycles. The van der Waals surface area contributed by atoms with Crippen LogP contribution in [0.15, 0.2) is 11.3 Å². The zero-order valence-electron chi connectivity index (χ0n) is 28.1. The van der Waals surface area contributed by atoms with E-state index >= 15 is 0 Å². The molecule has 250 valence electrons. The van der Waals surface area contributed by atoms with Gasteiger partial charge < -0.3 is 34.6 Å². The molecule has 4 saturated carbocycles. The second-order valence-corrected chi connectivity index (χ2v) is 16.6. The average molecular weight is 619 g/mol. The smallest absolute Gasteiger partial charge is 0.303 e. The van der Waals surface area contributed by atoms with Gasteiger partial charge in [-0.25, -0.2) is 0 Å². The molecule has 5 fully saturated rings. The monoisotopic (exact) mass is 618 g/mol. The molecule has 0 aromatic heterocycles. The van der Waals surface area contributed by atoms with Crippen molar-refractivity contribution in [3.05, 3.63) is 11.3 Å². The summed E-state index contributed by atoms with van der Waals surface area (Å²) in [5.74, 6) is 3.10. The fraction of sp³-hybridized carbons (Fsp3) is 0.917. The number of aliphatic hydroxyl groups excluding tert-OH is 3. The molecular weight excluding hydrogens is 560 g/mol. The van der Waals surface area contributed by atoms with Gasteiger partial charge in [-0.1, -0.05) is 27.7 Å². The van der Waals surface area contributed by atoms with Crippen molar-refractivity contribution in [3.63, 3.8) is 0 Å². The number of esters is 1. The first-order valence-electron chi connectivity index (χ1n) is 17.5. The quantitative estimate of drug-likeness (QED) is 0.203. The van der Waals surface area contributed by atoms with Gasteiger partial charge in [0.1, 0.15) is 12.2 Å². The summed E-state index contributed by atoms with van der Waals surface area (Å²) >= 11 is 0. The van der Waals surface area contributed by atoms with E-state index < -0.39 is 30.2 Å². The van der Waals surface area contributed by atoms with Gasteiger partial charge in [0.05, 0.1) is 30.2 Å². The Labute approximate surface area is 263 Å². The Kier molecular flexibility index (Phi) is 8.34. The van der Waals surface area contributed by atoms with Gasteiger partial charge in [0.25, 0.3) is 0 Å². The normalized spacial score (nSPS) is 48.0. The lowest BCUT2D eigenvalue weighted by molar-refractivity contribution is -0.250. The molecule has 1 heterocycles. The number of carbonyl (C=O) groups excluding carboxylic acids is 1. The van der Waals surface area contributed by atoms with Crippen molar-refractivity contribution in [2.45, 2.75) is 149 Å². The molecule has 2 spiro atoms. The maximum absolute atomic E-state index is 11.7. The van der Waals surface area contributed by atoms with E-state index in [-0.39, 0.29) is 30.0 Å². The molecule has 0 bridgehead atoms. The molecule has 8 heteroatoms. The minimum atomic E-state index is -1.12. The standard InChI is InChI=1S/C36H58O8/c1-19(8-11-30(33(5,6)41)43-22(4)37)32-27(39)16-25-24-10-9-23-20(2)29(44-31-17-26(38)28(40)18-42-31)12-13-35(23)21(3)36(24,35)15-14-34(25,32)7/h19-21,23-26,28-31,38-41H,8-18H2,1-7H3/t19-,20?,21+,23+,24+,25?,26-,28-,29+,30+,31?,34+,35?,36+/m1/s1. The first-order chi connectivity index (χ1) is 20.6. The summed E-state index contributed by atoms with van der Waals surface area (Å²) in [5.41, 5.74) is 0.737. The number of hydrogen-bond acceptors (Lipinski definition) is 8. The number of rotatable bonds is 8. The third kappa shape index (κ3) is 4.82. The van der Waals surface area contributed by atoms with E-state index in [1.807, 2.05) is 0 Å². The predicted octanol–water partition coefficient (Wildman–Crippen LogP) is 5.67. The van der Waals surface area contributed by atoms with Crippen LogP contribution in [0.3, 0.4) is 0 Å². The Morgan fingerprint density at radius 3 is 2.36 bits per heavy atom. The van der Waals surface area contributed by atoms with Crippen LogP contribution in [0.2, 0.25) is 0 Å². The highest BCUT2D eigenvalue weighted by atomic mass is 16.7. The van der Waals surface area contributed by atoms with E-state index in [4.69, 9.17) is 14.2 Å². The summed E-state index contributed by atoms with van der Waals surface area (Å²) in [5, 5.41) is 42.2. The van der Waals surface area contributed by atoms with Crippen LogP contribution in [0.4, 0.5) is 0 Å². The van der Waals surface area contributed by atoms with Crippen LogP contribution in [0.25, 0.3) is 0 Å². The van der Waals surface area contributed by atoms with Gasteiger partial charge in [0.2, 0.25) is 0 Å². The summed E-state index contributed by atoms with van der Waals surface area (Å²) in [4.78, 5) is 11.7. The molecule has 1 aliphatic heterocycles. The largest absolute Gasteiger partial charge is 0.512 e. The summed E-state index contributed by atoms with van der Waals surface area (Å²) in [6.07, 6.45) is 6.73. The van der Waals surface area contributed by atoms with E-state index in [0.717, 1.165) is 25.7 Å². The Bertz CT molecular complexity index is 1150. The molecule has 0 amide bonds. The van der Waals surface area contributed by atoms with Gasteiger partial charge in [-0.15, -0.1) is 0 Å². The predicted molar refractivity (Wildman–Crippen MR) is 165 cm³/mol. The van der Waals surface area contributed by atoms with Crippen LogP contribution in [-0.4, -0.2) is 69.3 Å². The maximum atomic E-state index is 11.7. The van der Waals surface area contributed by atoms with Crippen LogP contribution in [-0.2, 0) is 19.0 Å². The van der Waals surface area contributed by atoms with Crippen LogP contribution in [0.5, 0.6) is 0 Å². The van der Waals surface area contributed by atoms with Crippen molar-refractivity contribution in [1.82, 2.24) is 0 Å². The molecule has 4 N–H and O–H groups in total. The first-order valence-corrected chi connectivity index (χ1v) is 17.5. The summed E-state index contributed by atoms with van der Waals surface area (Å²) < 4.78 is 17.7. The average Bonchev–Trinajstić information content (AvgIpc) is 3.34. The number of allylic oxidation sites excluding steroid dienone is 2. The van der Waals surface area contributed by atoms with E-state index in [0.29, 0.717) is 59.0 Å². The number of ether oxygens (including phenoxy) is 3. The third-order valence-corrected chi connectivity index (χ3v) is 14.3.